The highest BCUT2D eigenvalue weighted by atomic mass is 35.5. The molecule has 1 heterocycles. The number of ether oxygens (including phenoxy) is 1. The minimum absolute atomic E-state index is 0.00152. The predicted molar refractivity (Wildman–Crippen MR) is 92.7 cm³/mol. The number of nitrogens with zero attached hydrogens (tertiary/aromatic N) is 1. The number of carbonyl (C=O) groups excluding carboxylic acids is 2. The van der Waals surface area contributed by atoms with Gasteiger partial charge in [0.15, 0.2) is 0 Å². The van der Waals surface area contributed by atoms with Crippen LogP contribution in [0.5, 0.6) is 0 Å². The average molecular weight is 366 g/mol. The molecule has 6 heteroatoms. The van der Waals surface area contributed by atoms with Crippen molar-refractivity contribution < 1.29 is 18.7 Å². The van der Waals surface area contributed by atoms with E-state index in [4.69, 9.17) is 16.3 Å². The van der Waals surface area contributed by atoms with Gasteiger partial charge in [0, 0.05) is 18.1 Å². The molecule has 2 aliphatic rings. The molecule has 0 saturated carbocycles. The summed E-state index contributed by atoms with van der Waals surface area (Å²) >= 11 is 5.76. The largest absolute Gasteiger partial charge is 0.466 e. The third-order valence-electron chi connectivity index (χ3n) is 5.11. The number of carbonyl (C=O) groups is 2. The van der Waals surface area contributed by atoms with Crippen LogP contribution in [0.4, 0.5) is 4.39 Å². The molecule has 1 amide bonds. The number of hydrogen-bond acceptors (Lipinski definition) is 3. The van der Waals surface area contributed by atoms with Crippen LogP contribution >= 0.6 is 11.6 Å². The second-order valence-electron chi connectivity index (χ2n) is 6.68. The lowest BCUT2D eigenvalue weighted by Crippen LogP contribution is -2.37. The number of rotatable bonds is 3. The van der Waals surface area contributed by atoms with Crippen molar-refractivity contribution in [1.29, 1.82) is 0 Å². The van der Waals surface area contributed by atoms with Gasteiger partial charge in [0.2, 0.25) is 0 Å². The van der Waals surface area contributed by atoms with E-state index in [9.17, 15) is 14.0 Å². The zero-order valence-electron chi connectivity index (χ0n) is 14.2. The zero-order chi connectivity index (χ0) is 18.1. The molecule has 0 radical (unpaired) electrons. The van der Waals surface area contributed by atoms with Crippen molar-refractivity contribution >= 4 is 23.5 Å². The van der Waals surface area contributed by atoms with Gasteiger partial charge in [-0.1, -0.05) is 30.7 Å². The predicted octanol–water partition coefficient (Wildman–Crippen LogP) is 3.55. The van der Waals surface area contributed by atoms with Crippen molar-refractivity contribution in [2.24, 2.45) is 23.7 Å². The average Bonchev–Trinajstić information content (AvgIpc) is 2.98. The number of benzene rings is 1. The van der Waals surface area contributed by atoms with Crippen LogP contribution in [0.1, 0.15) is 24.2 Å². The molecule has 1 aromatic rings. The summed E-state index contributed by atoms with van der Waals surface area (Å²) in [6.45, 7) is 5.00. The van der Waals surface area contributed by atoms with Gasteiger partial charge in [0.1, 0.15) is 5.82 Å². The molecule has 0 spiro atoms. The van der Waals surface area contributed by atoms with Crippen LogP contribution in [-0.4, -0.2) is 36.5 Å². The lowest BCUT2D eigenvalue weighted by molar-refractivity contribution is -0.152. The number of hydrogen-bond donors (Lipinski definition) is 0. The highest BCUT2D eigenvalue weighted by Gasteiger charge is 2.46. The van der Waals surface area contributed by atoms with E-state index in [1.165, 1.54) is 12.1 Å². The molecule has 3 rings (SSSR count). The van der Waals surface area contributed by atoms with Gasteiger partial charge in [0.05, 0.1) is 18.1 Å². The van der Waals surface area contributed by atoms with Gasteiger partial charge in [-0.25, -0.2) is 4.39 Å². The number of likely N-dealkylation sites (tertiary alicyclic amines) is 1. The van der Waals surface area contributed by atoms with E-state index in [0.717, 1.165) is 6.07 Å². The Bertz CT molecular complexity index is 721. The standard InChI is InChI=1S/C19H21ClFNO3/c1-3-25-19(24)17-11(2)4-5-12-9-22(10-15(12)17)18(23)14-7-6-13(20)8-16(14)21/h4-8,11-12,15,17H,3,9-10H2,1-2H3/t11-,12-,15-,17-/m0/s1. The van der Waals surface area contributed by atoms with Crippen LogP contribution < -0.4 is 0 Å². The van der Waals surface area contributed by atoms with Crippen LogP contribution in [0.3, 0.4) is 0 Å². The molecule has 134 valence electrons. The first kappa shape index (κ1) is 17.9. The summed E-state index contributed by atoms with van der Waals surface area (Å²) in [5.41, 5.74) is 0.00718. The fourth-order valence-corrected chi connectivity index (χ4v) is 4.05. The van der Waals surface area contributed by atoms with E-state index in [1.807, 2.05) is 13.0 Å². The summed E-state index contributed by atoms with van der Waals surface area (Å²) in [4.78, 5) is 26.7. The molecule has 0 bridgehead atoms. The third kappa shape index (κ3) is 3.43. The maximum Gasteiger partial charge on any atom is 0.309 e. The van der Waals surface area contributed by atoms with E-state index in [2.05, 4.69) is 6.08 Å². The minimum Gasteiger partial charge on any atom is -0.466 e. The Morgan fingerprint density at radius 1 is 1.32 bits per heavy atom. The van der Waals surface area contributed by atoms with E-state index in [1.54, 1.807) is 11.8 Å². The molecule has 1 aromatic carbocycles. The first-order chi connectivity index (χ1) is 11.9. The highest BCUT2D eigenvalue weighted by Crippen LogP contribution is 2.40. The molecular formula is C19H21ClFNO3. The summed E-state index contributed by atoms with van der Waals surface area (Å²) in [6, 6.07) is 4.05. The Labute approximate surface area is 151 Å². The van der Waals surface area contributed by atoms with Crippen LogP contribution in [-0.2, 0) is 9.53 Å². The van der Waals surface area contributed by atoms with Crippen molar-refractivity contribution in [3.05, 3.63) is 46.8 Å². The van der Waals surface area contributed by atoms with Gasteiger partial charge in [-0.05, 0) is 42.9 Å². The van der Waals surface area contributed by atoms with Crippen LogP contribution in [0.15, 0.2) is 30.4 Å². The van der Waals surface area contributed by atoms with Gasteiger partial charge in [-0.15, -0.1) is 0 Å². The first-order valence-corrected chi connectivity index (χ1v) is 8.89. The van der Waals surface area contributed by atoms with Crippen molar-refractivity contribution in [2.45, 2.75) is 13.8 Å². The van der Waals surface area contributed by atoms with Gasteiger partial charge in [-0.3, -0.25) is 9.59 Å². The topological polar surface area (TPSA) is 46.6 Å². The summed E-state index contributed by atoms with van der Waals surface area (Å²) < 4.78 is 19.3. The van der Waals surface area contributed by atoms with E-state index < -0.39 is 5.82 Å². The summed E-state index contributed by atoms with van der Waals surface area (Å²) in [5.74, 6) is -1.35. The van der Waals surface area contributed by atoms with Crippen molar-refractivity contribution in [2.75, 3.05) is 19.7 Å². The van der Waals surface area contributed by atoms with Crippen LogP contribution in [0.2, 0.25) is 5.02 Å². The Balaban J connectivity index is 1.81. The Morgan fingerprint density at radius 2 is 2.08 bits per heavy atom. The summed E-state index contributed by atoms with van der Waals surface area (Å²) in [5, 5.41) is 0.253. The Hall–Kier alpha value is -1.88. The van der Waals surface area contributed by atoms with Crippen LogP contribution in [0.25, 0.3) is 0 Å². The molecule has 1 aliphatic heterocycles. The van der Waals surface area contributed by atoms with Gasteiger partial charge in [0.25, 0.3) is 5.91 Å². The van der Waals surface area contributed by atoms with E-state index >= 15 is 0 Å². The maximum atomic E-state index is 14.1. The van der Waals surface area contributed by atoms with Crippen molar-refractivity contribution in [3.63, 3.8) is 0 Å². The Morgan fingerprint density at radius 3 is 2.76 bits per heavy atom. The fourth-order valence-electron chi connectivity index (χ4n) is 3.89. The number of allylic oxidation sites excluding steroid dienone is 1. The molecule has 1 saturated heterocycles. The quantitative estimate of drug-likeness (QED) is 0.608. The second kappa shape index (κ2) is 7.16. The number of halogens is 2. The third-order valence-corrected chi connectivity index (χ3v) is 5.34. The Kier molecular flexibility index (Phi) is 5.13. The molecule has 4 nitrogen and oxygen atoms in total. The monoisotopic (exact) mass is 365 g/mol. The smallest absolute Gasteiger partial charge is 0.309 e. The lowest BCUT2D eigenvalue weighted by atomic mass is 9.72. The lowest BCUT2D eigenvalue weighted by Gasteiger charge is -2.31. The molecule has 1 fully saturated rings. The molecule has 0 unspecified atom stereocenters. The summed E-state index contributed by atoms with van der Waals surface area (Å²) in [6.07, 6.45) is 4.08. The molecule has 0 N–H and O–H groups in total. The zero-order valence-corrected chi connectivity index (χ0v) is 15.0. The van der Waals surface area contributed by atoms with E-state index in [-0.39, 0.29) is 46.1 Å². The SMILES string of the molecule is CCOC(=O)[C@@H]1[C@H]2CN(C(=O)c3ccc(Cl)cc3F)C[C@@H]2C=C[C@@H]1C. The molecule has 1 aliphatic carbocycles. The van der Waals surface area contributed by atoms with Gasteiger partial charge in [-0.2, -0.15) is 0 Å². The van der Waals surface area contributed by atoms with E-state index in [0.29, 0.717) is 19.7 Å². The number of esters is 1. The summed E-state index contributed by atoms with van der Waals surface area (Å²) in [7, 11) is 0. The molecular weight excluding hydrogens is 345 g/mol. The minimum atomic E-state index is -0.627. The first-order valence-electron chi connectivity index (χ1n) is 8.51. The highest BCUT2D eigenvalue weighted by molar-refractivity contribution is 6.30. The molecule has 0 aromatic heterocycles. The maximum absolute atomic E-state index is 14.1. The number of fused-ring (bicyclic) bond motifs is 1. The van der Waals surface area contributed by atoms with Crippen LogP contribution in [0, 0.1) is 29.5 Å². The molecule has 25 heavy (non-hydrogen) atoms. The van der Waals surface area contributed by atoms with Gasteiger partial charge < -0.3 is 9.64 Å². The molecule has 4 atom stereocenters. The second-order valence-corrected chi connectivity index (χ2v) is 7.12. The van der Waals surface area contributed by atoms with Crippen molar-refractivity contribution in [3.8, 4) is 0 Å². The normalized spacial score (nSPS) is 27.9. The van der Waals surface area contributed by atoms with Crippen molar-refractivity contribution in [1.82, 2.24) is 4.90 Å². The fraction of sp³-hybridized carbons (Fsp3) is 0.474. The number of amides is 1. The van der Waals surface area contributed by atoms with Gasteiger partial charge >= 0.3 is 5.97 Å².